The van der Waals surface area contributed by atoms with Crippen LogP contribution in [0.15, 0.2) is 176 Å². The molecule has 0 spiro atoms. The standard InChI is InChI=1S/C48H29N3S/c1-3-14-31(15-4-1)40-29-41(33-24-23-30-13-7-8-16-32(30)27-33)50-48(49-40)39-28-43-45(38-20-9-11-21-42(38)51(43)34-17-5-2-6-18-34)46-36(39)25-26-37-35-19-10-12-22-44(35)52-47(37)46/h1-29H. The molecule has 3 heterocycles. The molecule has 0 saturated heterocycles. The Balaban J connectivity index is 1.30. The number of hydrogen-bond acceptors (Lipinski definition) is 3. The number of thiophene rings is 1. The molecular weight excluding hydrogens is 651 g/mol. The fourth-order valence-electron chi connectivity index (χ4n) is 8.00. The van der Waals surface area contributed by atoms with Crippen LogP contribution in [-0.2, 0) is 0 Å². The minimum Gasteiger partial charge on any atom is -0.309 e. The Labute approximate surface area is 303 Å². The highest BCUT2D eigenvalue weighted by Gasteiger charge is 2.22. The first-order valence-electron chi connectivity index (χ1n) is 17.6. The van der Waals surface area contributed by atoms with E-state index in [9.17, 15) is 0 Å². The zero-order valence-corrected chi connectivity index (χ0v) is 28.8. The lowest BCUT2D eigenvalue weighted by Crippen LogP contribution is -1.98. The van der Waals surface area contributed by atoms with Crippen LogP contribution in [0.25, 0.3) is 103 Å². The minimum absolute atomic E-state index is 0.710. The van der Waals surface area contributed by atoms with Crippen molar-refractivity contribution in [3.05, 3.63) is 176 Å². The fourth-order valence-corrected chi connectivity index (χ4v) is 9.25. The fraction of sp³-hybridized carbons (Fsp3) is 0. The van der Waals surface area contributed by atoms with Gasteiger partial charge >= 0.3 is 0 Å². The number of nitrogens with zero attached hydrogens (tertiary/aromatic N) is 3. The number of benzene rings is 8. The molecule has 0 N–H and O–H groups in total. The van der Waals surface area contributed by atoms with Crippen LogP contribution >= 0.6 is 11.3 Å². The summed E-state index contributed by atoms with van der Waals surface area (Å²) in [4.78, 5) is 10.8. The average Bonchev–Trinajstić information content (AvgIpc) is 3.77. The van der Waals surface area contributed by atoms with Crippen molar-refractivity contribution in [3.63, 3.8) is 0 Å². The summed E-state index contributed by atoms with van der Waals surface area (Å²) in [7, 11) is 0. The predicted molar refractivity (Wildman–Crippen MR) is 221 cm³/mol. The van der Waals surface area contributed by atoms with Gasteiger partial charge in [0, 0.05) is 58.7 Å². The van der Waals surface area contributed by atoms with Crippen LogP contribution in [0, 0.1) is 0 Å². The van der Waals surface area contributed by atoms with Gasteiger partial charge in [0.15, 0.2) is 5.82 Å². The monoisotopic (exact) mass is 679 g/mol. The van der Waals surface area contributed by atoms with Gasteiger partial charge in [-0.2, -0.15) is 0 Å². The SMILES string of the molecule is c1ccc(-c2cc(-c3ccc4ccccc4c3)nc(-c3cc4c(c5ccccc5n4-c4ccccc4)c4c3ccc3c5ccccc5sc34)n2)cc1. The van der Waals surface area contributed by atoms with Crippen LogP contribution in [0.2, 0.25) is 0 Å². The molecule has 0 bridgehead atoms. The van der Waals surface area contributed by atoms with Crippen molar-refractivity contribution < 1.29 is 0 Å². The lowest BCUT2D eigenvalue weighted by atomic mass is 9.96. The van der Waals surface area contributed by atoms with Crippen LogP contribution < -0.4 is 0 Å². The summed E-state index contributed by atoms with van der Waals surface area (Å²) in [6.45, 7) is 0. The average molecular weight is 680 g/mol. The molecule has 0 amide bonds. The molecule has 242 valence electrons. The Morgan fingerprint density at radius 2 is 1.10 bits per heavy atom. The van der Waals surface area contributed by atoms with Crippen molar-refractivity contribution >= 4 is 74.9 Å². The van der Waals surface area contributed by atoms with Gasteiger partial charge < -0.3 is 4.57 Å². The summed E-state index contributed by atoms with van der Waals surface area (Å²) in [6, 6.07) is 62.9. The van der Waals surface area contributed by atoms with Gasteiger partial charge in [-0.3, -0.25) is 0 Å². The van der Waals surface area contributed by atoms with Gasteiger partial charge in [-0.25, -0.2) is 9.97 Å². The quantitative estimate of drug-likeness (QED) is 0.185. The largest absolute Gasteiger partial charge is 0.309 e. The molecular formula is C48H29N3S. The van der Waals surface area contributed by atoms with Crippen LogP contribution in [0.4, 0.5) is 0 Å². The topological polar surface area (TPSA) is 30.7 Å². The van der Waals surface area contributed by atoms with E-state index < -0.39 is 0 Å². The first-order valence-corrected chi connectivity index (χ1v) is 18.4. The second-order valence-corrected chi connectivity index (χ2v) is 14.4. The summed E-state index contributed by atoms with van der Waals surface area (Å²) in [6.07, 6.45) is 0. The zero-order valence-electron chi connectivity index (χ0n) is 28.0. The van der Waals surface area contributed by atoms with E-state index >= 15 is 0 Å². The van der Waals surface area contributed by atoms with E-state index in [-0.39, 0.29) is 0 Å². The second-order valence-electron chi connectivity index (χ2n) is 13.4. The van der Waals surface area contributed by atoms with E-state index in [4.69, 9.17) is 9.97 Å². The molecule has 0 aliphatic carbocycles. The first kappa shape index (κ1) is 29.1. The van der Waals surface area contributed by atoms with E-state index in [1.54, 1.807) is 0 Å². The molecule has 4 heteroatoms. The molecule has 11 rings (SSSR count). The first-order chi connectivity index (χ1) is 25.8. The van der Waals surface area contributed by atoms with Crippen molar-refractivity contribution in [2.75, 3.05) is 0 Å². The highest BCUT2D eigenvalue weighted by Crippen LogP contribution is 2.47. The van der Waals surface area contributed by atoms with E-state index in [2.05, 4.69) is 180 Å². The lowest BCUT2D eigenvalue weighted by Gasteiger charge is -2.14. The summed E-state index contributed by atoms with van der Waals surface area (Å²) in [5.74, 6) is 0.710. The summed E-state index contributed by atoms with van der Waals surface area (Å²) < 4.78 is 4.98. The highest BCUT2D eigenvalue weighted by molar-refractivity contribution is 7.26. The van der Waals surface area contributed by atoms with Gasteiger partial charge in [0.25, 0.3) is 0 Å². The van der Waals surface area contributed by atoms with Crippen molar-refractivity contribution in [2.24, 2.45) is 0 Å². The van der Waals surface area contributed by atoms with Gasteiger partial charge in [-0.05, 0) is 58.6 Å². The molecule has 0 fully saturated rings. The van der Waals surface area contributed by atoms with E-state index in [0.29, 0.717) is 5.82 Å². The molecule has 0 aliphatic heterocycles. The van der Waals surface area contributed by atoms with E-state index in [1.807, 2.05) is 11.3 Å². The molecule has 0 radical (unpaired) electrons. The van der Waals surface area contributed by atoms with Gasteiger partial charge in [-0.1, -0.05) is 133 Å². The van der Waals surface area contributed by atoms with Crippen molar-refractivity contribution in [1.82, 2.24) is 14.5 Å². The molecule has 52 heavy (non-hydrogen) atoms. The molecule has 11 aromatic rings. The predicted octanol–water partition coefficient (Wildman–Crippen LogP) is 13.2. The van der Waals surface area contributed by atoms with E-state index in [0.717, 1.165) is 44.7 Å². The number of para-hydroxylation sites is 2. The molecule has 3 nitrogen and oxygen atoms in total. The van der Waals surface area contributed by atoms with Gasteiger partial charge in [0.1, 0.15) is 0 Å². The van der Waals surface area contributed by atoms with Crippen molar-refractivity contribution in [2.45, 2.75) is 0 Å². The highest BCUT2D eigenvalue weighted by atomic mass is 32.1. The second kappa shape index (κ2) is 11.5. The van der Waals surface area contributed by atoms with Crippen LogP contribution in [-0.4, -0.2) is 14.5 Å². The molecule has 0 unspecified atom stereocenters. The van der Waals surface area contributed by atoms with Gasteiger partial charge in [0.2, 0.25) is 0 Å². The maximum atomic E-state index is 5.43. The smallest absolute Gasteiger partial charge is 0.161 e. The minimum atomic E-state index is 0.710. The Kier molecular flexibility index (Phi) is 6.42. The molecule has 8 aromatic carbocycles. The number of fused-ring (bicyclic) bond motifs is 10. The molecule has 0 saturated carbocycles. The zero-order chi connectivity index (χ0) is 34.2. The molecule has 0 atom stereocenters. The Bertz CT molecular complexity index is 3180. The maximum absolute atomic E-state index is 5.43. The molecule has 3 aromatic heterocycles. The Morgan fingerprint density at radius 3 is 1.94 bits per heavy atom. The molecule has 0 aliphatic rings. The summed E-state index contributed by atoms with van der Waals surface area (Å²) >= 11 is 1.87. The number of aromatic nitrogens is 3. The lowest BCUT2D eigenvalue weighted by molar-refractivity contribution is 1.17. The van der Waals surface area contributed by atoms with Crippen LogP contribution in [0.1, 0.15) is 0 Å². The summed E-state index contributed by atoms with van der Waals surface area (Å²) in [5.41, 5.74) is 8.37. The van der Waals surface area contributed by atoms with Crippen molar-refractivity contribution in [3.8, 4) is 39.6 Å². The third kappa shape index (κ3) is 4.45. The van der Waals surface area contributed by atoms with Crippen LogP contribution in [0.3, 0.4) is 0 Å². The maximum Gasteiger partial charge on any atom is 0.161 e. The van der Waals surface area contributed by atoms with Crippen molar-refractivity contribution in [1.29, 1.82) is 0 Å². The van der Waals surface area contributed by atoms with Gasteiger partial charge in [0.05, 0.1) is 22.4 Å². The van der Waals surface area contributed by atoms with Crippen LogP contribution in [0.5, 0.6) is 0 Å². The number of rotatable bonds is 4. The van der Waals surface area contributed by atoms with E-state index in [1.165, 1.54) is 52.6 Å². The third-order valence-corrected chi connectivity index (χ3v) is 11.6. The Hall–Kier alpha value is -6.62. The Morgan fingerprint density at radius 1 is 0.423 bits per heavy atom. The third-order valence-electron chi connectivity index (χ3n) is 10.4. The number of hydrogen-bond donors (Lipinski definition) is 0. The normalized spacial score (nSPS) is 11.8. The summed E-state index contributed by atoms with van der Waals surface area (Å²) in [5, 5.41) is 9.85. The van der Waals surface area contributed by atoms with Gasteiger partial charge in [-0.15, -0.1) is 11.3 Å².